The van der Waals surface area contributed by atoms with Crippen molar-refractivity contribution in [3.63, 3.8) is 0 Å². The molecule has 2 saturated heterocycles. The van der Waals surface area contributed by atoms with Gasteiger partial charge in [-0.2, -0.15) is 0 Å². The van der Waals surface area contributed by atoms with Crippen LogP contribution >= 0.6 is 12.4 Å². The van der Waals surface area contributed by atoms with Gasteiger partial charge in [0.05, 0.1) is 0 Å². The number of fused-ring (bicyclic) bond motifs is 3. The summed E-state index contributed by atoms with van der Waals surface area (Å²) in [5.74, 6) is 0. The maximum absolute atomic E-state index is 2.68. The molecule has 2 fully saturated rings. The zero-order chi connectivity index (χ0) is 13.5. The molecule has 0 amide bonds. The van der Waals surface area contributed by atoms with Gasteiger partial charge in [0, 0.05) is 56.3 Å². The van der Waals surface area contributed by atoms with Gasteiger partial charge in [0.25, 0.3) is 0 Å². The van der Waals surface area contributed by atoms with Crippen molar-refractivity contribution in [3.05, 3.63) is 0 Å². The van der Waals surface area contributed by atoms with Gasteiger partial charge in [-0.3, -0.25) is 0 Å². The predicted octanol–water partition coefficient (Wildman–Crippen LogP) is 1.07. The molecule has 0 aromatic heterocycles. The summed E-state index contributed by atoms with van der Waals surface area (Å²) >= 11 is 0. The molecule has 4 nitrogen and oxygen atoms in total. The van der Waals surface area contributed by atoms with E-state index in [9.17, 15) is 0 Å². The Kier molecular flexibility index (Phi) is 12.5. The third kappa shape index (κ3) is 8.17. The standard InChI is InChI=1S/C15H32N4.ClH.Mn/c1-3-17-7-5-9-18-11-10-16(2)6-4-8-19(13-12-17)15-14-18;;/h3-15H2,1-2H3;1H;. The van der Waals surface area contributed by atoms with Crippen molar-refractivity contribution in [3.8, 4) is 0 Å². The van der Waals surface area contributed by atoms with Crippen molar-refractivity contribution < 1.29 is 17.1 Å². The Morgan fingerprint density at radius 1 is 0.667 bits per heavy atom. The van der Waals surface area contributed by atoms with E-state index < -0.39 is 0 Å². The van der Waals surface area contributed by atoms with Gasteiger partial charge in [0.2, 0.25) is 0 Å². The summed E-state index contributed by atoms with van der Waals surface area (Å²) in [4.78, 5) is 10.5. The molecule has 0 saturated carbocycles. The minimum Gasteiger partial charge on any atom is -0.305 e. The fraction of sp³-hybridized carbons (Fsp3) is 1.00. The molecular weight excluding hydrogens is 327 g/mol. The smallest absolute Gasteiger partial charge is 0.0110 e. The predicted molar refractivity (Wildman–Crippen MR) is 89.0 cm³/mol. The number of halogens is 1. The van der Waals surface area contributed by atoms with Crippen LogP contribution in [0.25, 0.3) is 0 Å². The molecule has 2 unspecified atom stereocenters. The van der Waals surface area contributed by atoms with Gasteiger partial charge in [-0.1, -0.05) is 6.92 Å². The van der Waals surface area contributed by atoms with Crippen LogP contribution in [0.2, 0.25) is 0 Å². The second-order valence-corrected chi connectivity index (χ2v) is 6.13. The first-order chi connectivity index (χ1) is 9.28. The molecule has 2 aliphatic heterocycles. The first-order valence-corrected chi connectivity index (χ1v) is 8.13. The number of nitrogens with zero attached hydrogens (tertiary/aromatic N) is 4. The van der Waals surface area contributed by atoms with Crippen LogP contribution < -0.4 is 0 Å². The Morgan fingerprint density at radius 2 is 1.19 bits per heavy atom. The number of hydrogen-bond acceptors (Lipinski definition) is 4. The van der Waals surface area contributed by atoms with E-state index in [1.54, 1.807) is 0 Å². The third-order valence-electron chi connectivity index (χ3n) is 4.67. The van der Waals surface area contributed by atoms with E-state index in [0.29, 0.717) is 0 Å². The van der Waals surface area contributed by atoms with Gasteiger partial charge in [-0.25, -0.2) is 0 Å². The summed E-state index contributed by atoms with van der Waals surface area (Å²) in [6.07, 6.45) is 2.65. The molecule has 0 N–H and O–H groups in total. The van der Waals surface area contributed by atoms with E-state index in [-0.39, 0.29) is 29.5 Å². The van der Waals surface area contributed by atoms with Crippen LogP contribution in [0.5, 0.6) is 0 Å². The van der Waals surface area contributed by atoms with E-state index in [1.807, 2.05) is 0 Å². The third-order valence-corrected chi connectivity index (χ3v) is 4.67. The molecule has 2 heterocycles. The van der Waals surface area contributed by atoms with Crippen molar-refractivity contribution in [2.45, 2.75) is 19.8 Å². The van der Waals surface area contributed by atoms with Gasteiger partial charge >= 0.3 is 0 Å². The Hall–Kier alpha value is 0.649. The molecule has 1 radical (unpaired) electrons. The monoisotopic (exact) mass is 359 g/mol. The van der Waals surface area contributed by atoms with Gasteiger partial charge in [0.1, 0.15) is 0 Å². The first-order valence-electron chi connectivity index (χ1n) is 8.13. The molecule has 0 aromatic rings. The quantitative estimate of drug-likeness (QED) is 0.649. The van der Waals surface area contributed by atoms with Crippen LogP contribution in [0.3, 0.4) is 0 Å². The van der Waals surface area contributed by atoms with Crippen molar-refractivity contribution in [1.82, 2.24) is 19.6 Å². The molecule has 0 aliphatic carbocycles. The number of likely N-dealkylation sites (N-methyl/N-ethyl adjacent to an activating group) is 2. The Labute approximate surface area is 148 Å². The zero-order valence-corrected chi connectivity index (χ0v) is 15.8. The Morgan fingerprint density at radius 3 is 1.81 bits per heavy atom. The summed E-state index contributed by atoms with van der Waals surface area (Å²) in [6.45, 7) is 16.1. The van der Waals surface area contributed by atoms with Crippen molar-refractivity contribution >= 4 is 12.4 Å². The van der Waals surface area contributed by atoms with E-state index in [0.717, 1.165) is 0 Å². The fourth-order valence-electron chi connectivity index (χ4n) is 3.17. The van der Waals surface area contributed by atoms with Crippen molar-refractivity contribution in [1.29, 1.82) is 0 Å². The molecule has 2 aliphatic rings. The summed E-state index contributed by atoms with van der Waals surface area (Å²) in [5.41, 5.74) is 0. The van der Waals surface area contributed by atoms with Crippen LogP contribution in [0.15, 0.2) is 0 Å². The molecule has 2 rings (SSSR count). The van der Waals surface area contributed by atoms with Crippen LogP contribution in [-0.4, -0.2) is 98.6 Å². The van der Waals surface area contributed by atoms with E-state index in [2.05, 4.69) is 33.6 Å². The molecule has 2 atom stereocenters. The van der Waals surface area contributed by atoms with E-state index >= 15 is 0 Å². The van der Waals surface area contributed by atoms with Crippen molar-refractivity contribution in [2.75, 3.05) is 79.0 Å². The van der Waals surface area contributed by atoms with Crippen LogP contribution in [0.1, 0.15) is 19.8 Å². The molecule has 6 heteroatoms. The van der Waals surface area contributed by atoms with E-state index in [4.69, 9.17) is 0 Å². The van der Waals surface area contributed by atoms with Gasteiger partial charge in [-0.05, 0) is 52.6 Å². The minimum atomic E-state index is 0. The van der Waals surface area contributed by atoms with Crippen LogP contribution in [0.4, 0.5) is 0 Å². The average molecular weight is 360 g/mol. The first kappa shape index (κ1) is 21.6. The normalized spacial score (nSPS) is 30.0. The molecule has 2 bridgehead atoms. The maximum Gasteiger partial charge on any atom is 0.0110 e. The van der Waals surface area contributed by atoms with Crippen LogP contribution in [-0.2, 0) is 17.1 Å². The minimum absolute atomic E-state index is 0. The fourth-order valence-corrected chi connectivity index (χ4v) is 3.17. The summed E-state index contributed by atoms with van der Waals surface area (Å²) in [7, 11) is 2.27. The number of hydrogen-bond donors (Lipinski definition) is 0. The summed E-state index contributed by atoms with van der Waals surface area (Å²) < 4.78 is 0. The molecule has 0 aromatic carbocycles. The molecule has 21 heavy (non-hydrogen) atoms. The second kappa shape index (κ2) is 12.1. The van der Waals surface area contributed by atoms with Gasteiger partial charge in [0.15, 0.2) is 0 Å². The summed E-state index contributed by atoms with van der Waals surface area (Å²) in [5, 5.41) is 0. The SMILES string of the molecule is CCN1CCCN2CCN(C)CCCN(CC1)CC2.Cl.[Mn]. The van der Waals surface area contributed by atoms with Gasteiger partial charge in [-0.15, -0.1) is 12.4 Å². The zero-order valence-electron chi connectivity index (χ0n) is 13.8. The Bertz CT molecular complexity index is 256. The number of rotatable bonds is 1. The largest absolute Gasteiger partial charge is 0.305 e. The average Bonchev–Trinajstić information content (AvgIpc) is 2.43. The van der Waals surface area contributed by atoms with Gasteiger partial charge < -0.3 is 19.6 Å². The molecule has 0 spiro atoms. The molecular formula is C15H33ClMnN4. The maximum atomic E-state index is 2.68. The molecule has 127 valence electrons. The second-order valence-electron chi connectivity index (χ2n) is 6.13. The van der Waals surface area contributed by atoms with Crippen molar-refractivity contribution in [2.24, 2.45) is 0 Å². The van der Waals surface area contributed by atoms with E-state index in [1.165, 1.54) is 84.8 Å². The topological polar surface area (TPSA) is 13.0 Å². The Balaban J connectivity index is 0.00000200. The summed E-state index contributed by atoms with van der Waals surface area (Å²) in [6, 6.07) is 0. The van der Waals surface area contributed by atoms with Crippen LogP contribution in [0, 0.1) is 0 Å².